The van der Waals surface area contributed by atoms with E-state index in [0.717, 1.165) is 37.4 Å². The van der Waals surface area contributed by atoms with Crippen LogP contribution in [-0.4, -0.2) is 71.9 Å². The average Bonchev–Trinajstić information content (AvgIpc) is 3.04. The maximum Gasteiger partial charge on any atom is 0.328 e. The van der Waals surface area contributed by atoms with Crippen LogP contribution in [0.3, 0.4) is 0 Å². The van der Waals surface area contributed by atoms with Crippen molar-refractivity contribution in [1.82, 2.24) is 9.80 Å². The molecule has 0 radical (unpaired) electrons. The molecule has 0 bridgehead atoms. The lowest BCUT2D eigenvalue weighted by Gasteiger charge is -2.44. The van der Waals surface area contributed by atoms with Crippen molar-refractivity contribution in [3.63, 3.8) is 0 Å². The number of carboxylic acids is 1. The lowest BCUT2D eigenvalue weighted by Crippen LogP contribution is -2.58. The quantitative estimate of drug-likeness (QED) is 0.815. The first-order chi connectivity index (χ1) is 13.0. The summed E-state index contributed by atoms with van der Waals surface area (Å²) in [6.07, 6.45) is 2.51. The molecule has 0 saturated carbocycles. The Morgan fingerprint density at radius 2 is 1.93 bits per heavy atom. The number of carbonyl (C=O) groups is 2. The summed E-state index contributed by atoms with van der Waals surface area (Å²) < 4.78 is 11.1. The van der Waals surface area contributed by atoms with Gasteiger partial charge in [0.1, 0.15) is 11.5 Å². The van der Waals surface area contributed by atoms with Gasteiger partial charge < -0.3 is 19.5 Å². The van der Waals surface area contributed by atoms with Crippen LogP contribution in [0.2, 0.25) is 0 Å². The maximum atomic E-state index is 13.1. The van der Waals surface area contributed by atoms with Gasteiger partial charge in [0, 0.05) is 25.9 Å². The van der Waals surface area contributed by atoms with Crippen LogP contribution in [0.4, 0.5) is 0 Å². The van der Waals surface area contributed by atoms with Crippen molar-refractivity contribution in [3.8, 4) is 5.75 Å². The van der Waals surface area contributed by atoms with Crippen molar-refractivity contribution in [1.29, 1.82) is 0 Å². The Balaban J connectivity index is 1.77. The number of hydrogen-bond donors (Lipinski definition) is 1. The molecule has 1 amide bonds. The Kier molecular flexibility index (Phi) is 6.01. The number of hydrogen-bond acceptors (Lipinski definition) is 5. The van der Waals surface area contributed by atoms with Gasteiger partial charge in [-0.25, -0.2) is 4.79 Å². The summed E-state index contributed by atoms with van der Waals surface area (Å²) in [5.74, 6) is -0.487. The van der Waals surface area contributed by atoms with Gasteiger partial charge in [0.05, 0.1) is 20.1 Å². The van der Waals surface area contributed by atoms with E-state index in [1.807, 2.05) is 12.1 Å². The molecule has 2 aliphatic heterocycles. The summed E-state index contributed by atoms with van der Waals surface area (Å²) in [7, 11) is 1.59. The maximum absolute atomic E-state index is 13.1. The summed E-state index contributed by atoms with van der Waals surface area (Å²) in [6, 6.07) is 6.35. The molecule has 2 heterocycles. The molecule has 1 aromatic rings. The molecule has 2 fully saturated rings. The Morgan fingerprint density at radius 1 is 1.26 bits per heavy atom. The number of carbonyl (C=O) groups excluding carboxylic acids is 1. The fourth-order valence-corrected chi connectivity index (χ4v) is 4.08. The molecule has 0 unspecified atom stereocenters. The summed E-state index contributed by atoms with van der Waals surface area (Å²) in [6.45, 7) is 4.83. The molecule has 2 saturated heterocycles. The Hall–Kier alpha value is -2.12. The highest BCUT2D eigenvalue weighted by Gasteiger charge is 2.53. The van der Waals surface area contributed by atoms with Crippen LogP contribution in [0.5, 0.6) is 5.75 Å². The topological polar surface area (TPSA) is 79.3 Å². The van der Waals surface area contributed by atoms with Crippen molar-refractivity contribution in [3.05, 3.63) is 29.8 Å². The van der Waals surface area contributed by atoms with Gasteiger partial charge in [-0.15, -0.1) is 0 Å². The monoisotopic (exact) mass is 376 g/mol. The van der Waals surface area contributed by atoms with E-state index in [1.165, 1.54) is 4.90 Å². The summed E-state index contributed by atoms with van der Waals surface area (Å²) in [5, 5.41) is 9.62. The third-order valence-electron chi connectivity index (χ3n) is 5.51. The SMILES string of the molecule is CCCN1CCC2(CC1)OC[C@H](C(=O)O)N2C(=O)Cc1ccc(OC)cc1. The van der Waals surface area contributed by atoms with Gasteiger partial charge in [0.15, 0.2) is 6.04 Å². The third-order valence-corrected chi connectivity index (χ3v) is 5.51. The highest BCUT2D eigenvalue weighted by Crippen LogP contribution is 2.38. The molecule has 1 N–H and O–H groups in total. The molecule has 27 heavy (non-hydrogen) atoms. The van der Waals surface area contributed by atoms with E-state index in [2.05, 4.69) is 11.8 Å². The van der Waals surface area contributed by atoms with E-state index in [4.69, 9.17) is 9.47 Å². The molecule has 2 aliphatic rings. The van der Waals surface area contributed by atoms with Gasteiger partial charge in [-0.3, -0.25) is 9.69 Å². The highest BCUT2D eigenvalue weighted by atomic mass is 16.5. The van der Waals surface area contributed by atoms with Crippen molar-refractivity contribution < 1.29 is 24.2 Å². The molecule has 1 atom stereocenters. The average molecular weight is 376 g/mol. The van der Waals surface area contributed by atoms with Crippen LogP contribution in [0.25, 0.3) is 0 Å². The van der Waals surface area contributed by atoms with Crippen LogP contribution in [0, 0.1) is 0 Å². The lowest BCUT2D eigenvalue weighted by atomic mass is 9.96. The molecule has 0 aromatic heterocycles. The van der Waals surface area contributed by atoms with Crippen LogP contribution in [-0.2, 0) is 20.7 Å². The molecule has 148 valence electrons. The minimum atomic E-state index is -1.01. The number of benzene rings is 1. The van der Waals surface area contributed by atoms with Gasteiger partial charge >= 0.3 is 5.97 Å². The van der Waals surface area contributed by atoms with Crippen molar-refractivity contribution in [2.45, 2.75) is 44.4 Å². The van der Waals surface area contributed by atoms with Gasteiger partial charge in [-0.2, -0.15) is 0 Å². The van der Waals surface area contributed by atoms with Crippen LogP contribution < -0.4 is 4.74 Å². The van der Waals surface area contributed by atoms with E-state index in [9.17, 15) is 14.7 Å². The number of carboxylic acid groups (broad SMARTS) is 1. The molecular formula is C20H28N2O5. The molecule has 7 heteroatoms. The predicted octanol–water partition coefficient (Wildman–Crippen LogP) is 1.75. The molecule has 3 rings (SSSR count). The largest absolute Gasteiger partial charge is 0.497 e. The second-order valence-electron chi connectivity index (χ2n) is 7.24. The van der Waals surface area contributed by atoms with E-state index < -0.39 is 17.7 Å². The highest BCUT2D eigenvalue weighted by molar-refractivity contribution is 5.86. The third kappa shape index (κ3) is 4.09. The van der Waals surface area contributed by atoms with E-state index in [-0.39, 0.29) is 18.9 Å². The first-order valence-electron chi connectivity index (χ1n) is 9.53. The van der Waals surface area contributed by atoms with Crippen molar-refractivity contribution >= 4 is 11.9 Å². The van der Waals surface area contributed by atoms with Crippen LogP contribution in [0.1, 0.15) is 31.7 Å². The molecule has 1 aromatic carbocycles. The first-order valence-corrected chi connectivity index (χ1v) is 9.53. The fraction of sp³-hybridized carbons (Fsp3) is 0.600. The van der Waals surface area contributed by atoms with E-state index in [0.29, 0.717) is 12.8 Å². The Morgan fingerprint density at radius 3 is 2.48 bits per heavy atom. The summed E-state index contributed by atoms with van der Waals surface area (Å²) in [4.78, 5) is 28.7. The second-order valence-corrected chi connectivity index (χ2v) is 7.24. The van der Waals surface area contributed by atoms with E-state index in [1.54, 1.807) is 19.2 Å². The number of aliphatic carboxylic acids is 1. The van der Waals surface area contributed by atoms with Gasteiger partial charge in [0.2, 0.25) is 5.91 Å². The number of methoxy groups -OCH3 is 1. The lowest BCUT2D eigenvalue weighted by molar-refractivity contribution is -0.165. The molecule has 7 nitrogen and oxygen atoms in total. The Bertz CT molecular complexity index is 667. The molecular weight excluding hydrogens is 348 g/mol. The Labute approximate surface area is 159 Å². The number of rotatable bonds is 6. The van der Waals surface area contributed by atoms with E-state index >= 15 is 0 Å². The zero-order valence-corrected chi connectivity index (χ0v) is 16.0. The van der Waals surface area contributed by atoms with Crippen LogP contribution in [0.15, 0.2) is 24.3 Å². The smallest absolute Gasteiger partial charge is 0.328 e. The van der Waals surface area contributed by atoms with Gasteiger partial charge in [-0.1, -0.05) is 19.1 Å². The van der Waals surface area contributed by atoms with Crippen molar-refractivity contribution in [2.75, 3.05) is 33.4 Å². The number of nitrogens with zero attached hydrogens (tertiary/aromatic N) is 2. The fourth-order valence-electron chi connectivity index (χ4n) is 4.08. The standard InChI is InChI=1S/C20H28N2O5/c1-3-10-21-11-8-20(9-12-21)22(17(14-27-20)19(24)25)18(23)13-15-4-6-16(26-2)7-5-15/h4-7,17H,3,8-14H2,1-2H3,(H,24,25)/t17-/m1/s1. The number of piperidine rings is 1. The summed E-state index contributed by atoms with van der Waals surface area (Å²) >= 11 is 0. The number of ether oxygens (including phenoxy) is 2. The summed E-state index contributed by atoms with van der Waals surface area (Å²) in [5.41, 5.74) is 0.0343. The number of likely N-dealkylation sites (tertiary alicyclic amines) is 1. The first kappa shape index (κ1) is 19.6. The van der Waals surface area contributed by atoms with Gasteiger partial charge in [-0.05, 0) is 30.7 Å². The zero-order valence-electron chi connectivity index (χ0n) is 16.0. The second kappa shape index (κ2) is 8.27. The predicted molar refractivity (Wildman–Crippen MR) is 99.6 cm³/mol. The van der Waals surface area contributed by atoms with Gasteiger partial charge in [0.25, 0.3) is 0 Å². The number of amides is 1. The minimum Gasteiger partial charge on any atom is -0.497 e. The molecule has 0 aliphatic carbocycles. The minimum absolute atomic E-state index is 0.0530. The normalized spacial score (nSPS) is 22.1. The van der Waals surface area contributed by atoms with Crippen LogP contribution >= 0.6 is 0 Å². The zero-order chi connectivity index (χ0) is 19.4. The molecule has 1 spiro atoms. The van der Waals surface area contributed by atoms with Crippen molar-refractivity contribution in [2.24, 2.45) is 0 Å².